The van der Waals surface area contributed by atoms with Crippen LogP contribution in [-0.4, -0.2) is 29.7 Å². The number of carbonyl (C=O) groups is 1. The molecule has 0 atom stereocenters. The highest BCUT2D eigenvalue weighted by Gasteiger charge is 2.16. The first-order valence-electron chi connectivity index (χ1n) is 4.05. The van der Waals surface area contributed by atoms with Gasteiger partial charge in [-0.1, -0.05) is 0 Å². The standard InChI is InChI=1S/C8H5ClN2O4S/c9-16(14,15)4-1-2-6-5(3-4)7(8(12)13)11-10-6/h1-3H,(H,10,11)(H,12,13). The van der Waals surface area contributed by atoms with E-state index in [2.05, 4.69) is 10.2 Å². The number of aromatic carboxylic acids is 1. The highest BCUT2D eigenvalue weighted by Crippen LogP contribution is 2.22. The summed E-state index contributed by atoms with van der Waals surface area (Å²) in [7, 11) is 1.28. The van der Waals surface area contributed by atoms with Crippen molar-refractivity contribution in [3.63, 3.8) is 0 Å². The number of fused-ring (bicyclic) bond motifs is 1. The number of carboxylic acids is 1. The van der Waals surface area contributed by atoms with Crippen molar-refractivity contribution in [1.82, 2.24) is 10.2 Å². The Balaban J connectivity index is 2.78. The molecular formula is C8H5ClN2O4S. The number of carboxylic acid groups (broad SMARTS) is 1. The summed E-state index contributed by atoms with van der Waals surface area (Å²) >= 11 is 0. The molecule has 6 nitrogen and oxygen atoms in total. The Morgan fingerprint density at radius 1 is 1.44 bits per heavy atom. The van der Waals surface area contributed by atoms with Gasteiger partial charge >= 0.3 is 5.97 Å². The Morgan fingerprint density at radius 2 is 2.12 bits per heavy atom. The van der Waals surface area contributed by atoms with Gasteiger partial charge in [0.2, 0.25) is 0 Å². The van der Waals surface area contributed by atoms with Crippen LogP contribution in [0.1, 0.15) is 10.5 Å². The SMILES string of the molecule is O=C(O)c1n[nH]c2ccc(S(=O)(=O)Cl)cc12. The Hall–Kier alpha value is -1.60. The van der Waals surface area contributed by atoms with Crippen LogP contribution in [0.25, 0.3) is 10.9 Å². The molecule has 0 saturated carbocycles. The monoisotopic (exact) mass is 260 g/mol. The maximum Gasteiger partial charge on any atom is 0.357 e. The lowest BCUT2D eigenvalue weighted by Crippen LogP contribution is -1.97. The van der Waals surface area contributed by atoms with Crippen LogP contribution in [0.15, 0.2) is 23.1 Å². The molecule has 1 heterocycles. The normalized spacial score (nSPS) is 11.8. The molecule has 8 heteroatoms. The molecule has 2 aromatic rings. The third-order valence-electron chi connectivity index (χ3n) is 2.02. The summed E-state index contributed by atoms with van der Waals surface area (Å²) < 4.78 is 22.1. The molecule has 2 N–H and O–H groups in total. The number of nitrogens with one attached hydrogen (secondary N) is 1. The summed E-state index contributed by atoms with van der Waals surface area (Å²) in [5.41, 5.74) is 0.193. The van der Waals surface area contributed by atoms with Gasteiger partial charge < -0.3 is 5.11 Å². The van der Waals surface area contributed by atoms with Crippen molar-refractivity contribution >= 4 is 36.6 Å². The Bertz CT molecular complexity index is 676. The van der Waals surface area contributed by atoms with Gasteiger partial charge in [-0.3, -0.25) is 5.10 Å². The first-order valence-corrected chi connectivity index (χ1v) is 6.36. The first-order chi connectivity index (χ1) is 7.39. The fourth-order valence-electron chi connectivity index (χ4n) is 1.31. The van der Waals surface area contributed by atoms with E-state index in [-0.39, 0.29) is 16.0 Å². The van der Waals surface area contributed by atoms with Crippen LogP contribution < -0.4 is 0 Å². The number of hydrogen-bond acceptors (Lipinski definition) is 4. The van der Waals surface area contributed by atoms with Crippen LogP contribution >= 0.6 is 10.7 Å². The van der Waals surface area contributed by atoms with Crippen LogP contribution in [-0.2, 0) is 9.05 Å². The summed E-state index contributed by atoms with van der Waals surface area (Å²) in [4.78, 5) is 10.6. The zero-order chi connectivity index (χ0) is 11.9. The van der Waals surface area contributed by atoms with Gasteiger partial charge in [-0.05, 0) is 18.2 Å². The first kappa shape index (κ1) is 10.9. The fraction of sp³-hybridized carbons (Fsp3) is 0. The topological polar surface area (TPSA) is 100 Å². The molecule has 0 unspecified atom stereocenters. The summed E-state index contributed by atoms with van der Waals surface area (Å²) in [6.45, 7) is 0. The van der Waals surface area contributed by atoms with Gasteiger partial charge in [-0.15, -0.1) is 0 Å². The Kier molecular flexibility index (Phi) is 2.36. The predicted molar refractivity (Wildman–Crippen MR) is 56.1 cm³/mol. The van der Waals surface area contributed by atoms with E-state index in [0.717, 1.165) is 0 Å². The van der Waals surface area contributed by atoms with Crippen LogP contribution in [0.4, 0.5) is 0 Å². The summed E-state index contributed by atoms with van der Waals surface area (Å²) in [6, 6.07) is 3.85. The minimum atomic E-state index is -3.88. The molecular weight excluding hydrogens is 256 g/mol. The molecule has 16 heavy (non-hydrogen) atoms. The summed E-state index contributed by atoms with van der Waals surface area (Å²) in [5, 5.41) is 15.0. The third kappa shape index (κ3) is 1.74. The van der Waals surface area contributed by atoms with Crippen molar-refractivity contribution in [3.8, 4) is 0 Å². The number of rotatable bonds is 2. The van der Waals surface area contributed by atoms with Gasteiger partial charge in [0.1, 0.15) is 0 Å². The lowest BCUT2D eigenvalue weighted by atomic mass is 10.2. The summed E-state index contributed by atoms with van der Waals surface area (Å²) in [6.07, 6.45) is 0. The number of hydrogen-bond donors (Lipinski definition) is 2. The average molecular weight is 261 g/mol. The van der Waals surface area contributed by atoms with Crippen LogP contribution in [0.2, 0.25) is 0 Å². The number of aromatic nitrogens is 2. The molecule has 1 aromatic heterocycles. The quantitative estimate of drug-likeness (QED) is 0.790. The van der Waals surface area contributed by atoms with E-state index in [9.17, 15) is 13.2 Å². The molecule has 0 spiro atoms. The van der Waals surface area contributed by atoms with Crippen LogP contribution in [0.3, 0.4) is 0 Å². The molecule has 2 rings (SSSR count). The lowest BCUT2D eigenvalue weighted by molar-refractivity contribution is 0.0692. The van der Waals surface area contributed by atoms with E-state index in [1.807, 2.05) is 0 Å². The number of H-pyrrole nitrogens is 1. The molecule has 0 amide bonds. The molecule has 0 fully saturated rings. The van der Waals surface area contributed by atoms with E-state index in [1.165, 1.54) is 18.2 Å². The zero-order valence-corrected chi connectivity index (χ0v) is 9.21. The van der Waals surface area contributed by atoms with E-state index in [0.29, 0.717) is 5.52 Å². The molecule has 0 saturated heterocycles. The molecule has 0 aliphatic rings. The van der Waals surface area contributed by atoms with Crippen molar-refractivity contribution in [3.05, 3.63) is 23.9 Å². The van der Waals surface area contributed by atoms with Crippen molar-refractivity contribution in [2.75, 3.05) is 0 Å². The van der Waals surface area contributed by atoms with Crippen molar-refractivity contribution in [2.24, 2.45) is 0 Å². The molecule has 0 bridgehead atoms. The second-order valence-electron chi connectivity index (χ2n) is 3.02. The Morgan fingerprint density at radius 3 is 2.69 bits per heavy atom. The van der Waals surface area contributed by atoms with Gasteiger partial charge in [-0.2, -0.15) is 5.10 Å². The van der Waals surface area contributed by atoms with E-state index < -0.39 is 15.0 Å². The molecule has 0 aliphatic carbocycles. The molecule has 84 valence electrons. The van der Waals surface area contributed by atoms with Gasteiger partial charge in [0.05, 0.1) is 10.4 Å². The molecule has 0 aliphatic heterocycles. The van der Waals surface area contributed by atoms with Crippen molar-refractivity contribution in [2.45, 2.75) is 4.90 Å². The van der Waals surface area contributed by atoms with Crippen LogP contribution in [0.5, 0.6) is 0 Å². The summed E-state index contributed by atoms with van der Waals surface area (Å²) in [5.74, 6) is -1.24. The van der Waals surface area contributed by atoms with Gasteiger partial charge in [0, 0.05) is 16.1 Å². The molecule has 1 aromatic carbocycles. The highest BCUT2D eigenvalue weighted by molar-refractivity contribution is 8.13. The van der Waals surface area contributed by atoms with Gasteiger partial charge in [0.25, 0.3) is 9.05 Å². The van der Waals surface area contributed by atoms with E-state index in [4.69, 9.17) is 15.8 Å². The molecule has 0 radical (unpaired) electrons. The maximum absolute atomic E-state index is 11.1. The number of aromatic amines is 1. The van der Waals surface area contributed by atoms with Crippen molar-refractivity contribution < 1.29 is 18.3 Å². The van der Waals surface area contributed by atoms with Crippen molar-refractivity contribution in [1.29, 1.82) is 0 Å². The number of halogens is 1. The highest BCUT2D eigenvalue weighted by atomic mass is 35.7. The fourth-order valence-corrected chi connectivity index (χ4v) is 2.08. The van der Waals surface area contributed by atoms with E-state index >= 15 is 0 Å². The van der Waals surface area contributed by atoms with Crippen LogP contribution in [0, 0.1) is 0 Å². The average Bonchev–Trinajstić information content (AvgIpc) is 2.58. The predicted octanol–water partition coefficient (Wildman–Crippen LogP) is 1.19. The van der Waals surface area contributed by atoms with Gasteiger partial charge in [-0.25, -0.2) is 13.2 Å². The third-order valence-corrected chi connectivity index (χ3v) is 3.37. The minimum Gasteiger partial charge on any atom is -0.476 e. The number of nitrogens with zero attached hydrogens (tertiary/aromatic N) is 1. The zero-order valence-electron chi connectivity index (χ0n) is 7.64. The minimum absolute atomic E-state index is 0.162. The number of benzene rings is 1. The second-order valence-corrected chi connectivity index (χ2v) is 5.59. The second kappa shape index (κ2) is 3.46. The lowest BCUT2D eigenvalue weighted by Gasteiger charge is -1.96. The smallest absolute Gasteiger partial charge is 0.357 e. The largest absolute Gasteiger partial charge is 0.476 e. The van der Waals surface area contributed by atoms with Gasteiger partial charge in [0.15, 0.2) is 5.69 Å². The van der Waals surface area contributed by atoms with E-state index in [1.54, 1.807) is 0 Å². The maximum atomic E-state index is 11.1. The Labute approximate surface area is 94.3 Å².